The third-order valence-electron chi connectivity index (χ3n) is 5.59. The van der Waals surface area contributed by atoms with Crippen LogP contribution in [0.15, 0.2) is 47.4 Å². The van der Waals surface area contributed by atoms with Crippen LogP contribution in [-0.2, 0) is 25.2 Å². The first-order valence-electron chi connectivity index (χ1n) is 10.2. The SMILES string of the molecule is CC(C)N(C)S(=O)(=O)c1ccc(NC(=O)CN2C(=O)N[C@@](C)(c3cc(F)ccc3F)C2=O)cc1. The summed E-state index contributed by atoms with van der Waals surface area (Å²) in [5, 5.41) is 4.78. The van der Waals surface area contributed by atoms with Crippen LogP contribution in [-0.4, -0.2) is 55.1 Å². The predicted octanol–water partition coefficient (Wildman–Crippen LogP) is 2.40. The van der Waals surface area contributed by atoms with E-state index in [1.165, 1.54) is 42.5 Å². The molecule has 2 aromatic rings. The highest BCUT2D eigenvalue weighted by Gasteiger charge is 2.50. The summed E-state index contributed by atoms with van der Waals surface area (Å²) in [5.74, 6) is -3.35. The number of hydrogen-bond donors (Lipinski definition) is 2. The Morgan fingerprint density at radius 2 is 1.76 bits per heavy atom. The Morgan fingerprint density at radius 1 is 1.15 bits per heavy atom. The van der Waals surface area contributed by atoms with Crippen molar-refractivity contribution in [3.8, 4) is 0 Å². The molecule has 12 heteroatoms. The van der Waals surface area contributed by atoms with Crippen molar-refractivity contribution in [2.75, 3.05) is 18.9 Å². The highest BCUT2D eigenvalue weighted by molar-refractivity contribution is 7.89. The first-order valence-corrected chi connectivity index (χ1v) is 11.7. The topological polar surface area (TPSA) is 116 Å². The number of carbonyl (C=O) groups is 3. The molecule has 182 valence electrons. The van der Waals surface area contributed by atoms with Crippen molar-refractivity contribution in [3.63, 3.8) is 0 Å². The molecule has 0 aromatic heterocycles. The molecule has 0 saturated carbocycles. The molecular weight excluding hydrogens is 470 g/mol. The molecule has 2 aromatic carbocycles. The van der Waals surface area contributed by atoms with Crippen LogP contribution in [0.5, 0.6) is 0 Å². The number of sulfonamides is 1. The number of carbonyl (C=O) groups excluding carboxylic acids is 3. The van der Waals surface area contributed by atoms with Gasteiger partial charge in [-0.1, -0.05) is 0 Å². The van der Waals surface area contributed by atoms with Gasteiger partial charge in [0, 0.05) is 24.3 Å². The van der Waals surface area contributed by atoms with E-state index >= 15 is 0 Å². The average Bonchev–Trinajstić information content (AvgIpc) is 2.98. The van der Waals surface area contributed by atoms with Gasteiger partial charge in [0.05, 0.1) is 4.90 Å². The summed E-state index contributed by atoms with van der Waals surface area (Å²) in [6.07, 6.45) is 0. The molecule has 0 radical (unpaired) electrons. The minimum Gasteiger partial charge on any atom is -0.325 e. The highest BCUT2D eigenvalue weighted by atomic mass is 32.2. The number of rotatable bonds is 7. The lowest BCUT2D eigenvalue weighted by atomic mass is 9.91. The normalized spacial score (nSPS) is 18.5. The molecule has 1 atom stereocenters. The van der Waals surface area contributed by atoms with Crippen LogP contribution in [0, 0.1) is 11.6 Å². The molecule has 3 rings (SSSR count). The maximum Gasteiger partial charge on any atom is 0.325 e. The van der Waals surface area contributed by atoms with E-state index in [4.69, 9.17) is 0 Å². The standard InChI is InChI=1S/C22H24F2N4O5S/c1-13(2)27(4)34(32,33)16-8-6-15(7-9-16)25-19(29)12-28-20(30)22(3,26-21(28)31)17-11-14(23)5-10-18(17)24/h5-11,13H,12H2,1-4H3,(H,25,29)(H,26,31)/t22-/m0/s1. The first kappa shape index (κ1) is 25.2. The lowest BCUT2D eigenvalue weighted by molar-refractivity contribution is -0.133. The zero-order chi connectivity index (χ0) is 25.4. The Kier molecular flexibility index (Phi) is 6.76. The molecule has 0 spiro atoms. The molecule has 1 heterocycles. The summed E-state index contributed by atoms with van der Waals surface area (Å²) in [6.45, 7) is 3.99. The van der Waals surface area contributed by atoms with Crippen molar-refractivity contribution in [1.82, 2.24) is 14.5 Å². The van der Waals surface area contributed by atoms with Crippen molar-refractivity contribution >= 4 is 33.6 Å². The molecular formula is C22H24F2N4O5S. The Bertz CT molecular complexity index is 1250. The van der Waals surface area contributed by atoms with E-state index in [0.717, 1.165) is 18.2 Å². The molecule has 0 bridgehead atoms. The fourth-order valence-electron chi connectivity index (χ4n) is 3.40. The molecule has 0 aliphatic carbocycles. The van der Waals surface area contributed by atoms with E-state index in [1.807, 2.05) is 0 Å². The van der Waals surface area contributed by atoms with Crippen molar-refractivity contribution in [3.05, 3.63) is 59.7 Å². The van der Waals surface area contributed by atoms with Crippen LogP contribution < -0.4 is 10.6 Å². The number of nitrogens with zero attached hydrogens (tertiary/aromatic N) is 2. The van der Waals surface area contributed by atoms with E-state index in [1.54, 1.807) is 13.8 Å². The third-order valence-corrected chi connectivity index (χ3v) is 7.63. The van der Waals surface area contributed by atoms with Gasteiger partial charge in [0.15, 0.2) is 0 Å². The van der Waals surface area contributed by atoms with Crippen LogP contribution >= 0.6 is 0 Å². The number of nitrogens with one attached hydrogen (secondary N) is 2. The maximum atomic E-state index is 14.2. The fourth-order valence-corrected chi connectivity index (χ4v) is 4.77. The number of hydrogen-bond acceptors (Lipinski definition) is 5. The molecule has 1 aliphatic rings. The van der Waals surface area contributed by atoms with Crippen LogP contribution in [0.25, 0.3) is 0 Å². The summed E-state index contributed by atoms with van der Waals surface area (Å²) in [5.41, 5.74) is -2.01. The zero-order valence-corrected chi connectivity index (χ0v) is 19.7. The van der Waals surface area contributed by atoms with Crippen LogP contribution in [0.4, 0.5) is 19.3 Å². The van der Waals surface area contributed by atoms with Crippen LogP contribution in [0.3, 0.4) is 0 Å². The van der Waals surface area contributed by atoms with Crippen molar-refractivity contribution in [2.24, 2.45) is 0 Å². The number of amides is 4. The quantitative estimate of drug-likeness (QED) is 0.574. The lowest BCUT2D eigenvalue weighted by Gasteiger charge is -2.22. The first-order chi connectivity index (χ1) is 15.8. The highest BCUT2D eigenvalue weighted by Crippen LogP contribution is 2.31. The molecule has 2 N–H and O–H groups in total. The number of imide groups is 1. The Hall–Kier alpha value is -3.38. The number of anilines is 1. The molecule has 34 heavy (non-hydrogen) atoms. The summed E-state index contributed by atoms with van der Waals surface area (Å²) < 4.78 is 54.1. The molecule has 1 saturated heterocycles. The summed E-state index contributed by atoms with van der Waals surface area (Å²) in [7, 11) is -2.25. The van der Waals surface area contributed by atoms with Gasteiger partial charge in [-0.3, -0.25) is 14.5 Å². The van der Waals surface area contributed by atoms with E-state index < -0.39 is 51.6 Å². The fraction of sp³-hybridized carbons (Fsp3) is 0.318. The van der Waals surface area contributed by atoms with Gasteiger partial charge < -0.3 is 10.6 Å². The van der Waals surface area contributed by atoms with E-state index in [9.17, 15) is 31.6 Å². The predicted molar refractivity (Wildman–Crippen MR) is 119 cm³/mol. The van der Waals surface area contributed by atoms with Gasteiger partial charge in [-0.25, -0.2) is 22.0 Å². The van der Waals surface area contributed by atoms with Gasteiger partial charge >= 0.3 is 6.03 Å². The summed E-state index contributed by atoms with van der Waals surface area (Å²) in [6, 6.07) is 6.73. The average molecular weight is 495 g/mol. The van der Waals surface area contributed by atoms with Gasteiger partial charge in [0.2, 0.25) is 15.9 Å². The van der Waals surface area contributed by atoms with Crippen molar-refractivity contribution < 1.29 is 31.6 Å². The van der Waals surface area contributed by atoms with Gasteiger partial charge in [-0.15, -0.1) is 0 Å². The number of halogens is 2. The van der Waals surface area contributed by atoms with Gasteiger partial charge in [-0.05, 0) is 63.2 Å². The molecule has 9 nitrogen and oxygen atoms in total. The maximum absolute atomic E-state index is 14.2. The second-order valence-electron chi connectivity index (χ2n) is 8.26. The molecule has 4 amide bonds. The summed E-state index contributed by atoms with van der Waals surface area (Å²) >= 11 is 0. The Morgan fingerprint density at radius 3 is 2.35 bits per heavy atom. The third kappa shape index (κ3) is 4.64. The number of urea groups is 1. The lowest BCUT2D eigenvalue weighted by Crippen LogP contribution is -2.42. The van der Waals surface area contributed by atoms with Crippen molar-refractivity contribution in [1.29, 1.82) is 0 Å². The Labute approximate surface area is 195 Å². The minimum atomic E-state index is -3.71. The van der Waals surface area contributed by atoms with E-state index in [2.05, 4.69) is 10.6 Å². The summed E-state index contributed by atoms with van der Waals surface area (Å²) in [4.78, 5) is 38.3. The van der Waals surface area contributed by atoms with E-state index in [-0.39, 0.29) is 22.2 Å². The largest absolute Gasteiger partial charge is 0.325 e. The van der Waals surface area contributed by atoms with Gasteiger partial charge in [0.1, 0.15) is 23.7 Å². The second kappa shape index (κ2) is 9.11. The van der Waals surface area contributed by atoms with Crippen LogP contribution in [0.1, 0.15) is 26.3 Å². The van der Waals surface area contributed by atoms with Gasteiger partial charge in [0.25, 0.3) is 5.91 Å². The zero-order valence-electron chi connectivity index (χ0n) is 18.9. The van der Waals surface area contributed by atoms with E-state index in [0.29, 0.717) is 4.90 Å². The minimum absolute atomic E-state index is 0.0312. The monoisotopic (exact) mass is 494 g/mol. The van der Waals surface area contributed by atoms with Gasteiger partial charge in [-0.2, -0.15) is 4.31 Å². The second-order valence-corrected chi connectivity index (χ2v) is 10.3. The van der Waals surface area contributed by atoms with Crippen LogP contribution in [0.2, 0.25) is 0 Å². The van der Waals surface area contributed by atoms with Crippen molar-refractivity contribution in [2.45, 2.75) is 37.2 Å². The smallest absolute Gasteiger partial charge is 0.325 e. The molecule has 0 unspecified atom stereocenters. The molecule has 1 aliphatic heterocycles. The number of benzene rings is 2. The molecule has 1 fully saturated rings. The Balaban J connectivity index is 1.72.